The third kappa shape index (κ3) is 5.66. The summed E-state index contributed by atoms with van der Waals surface area (Å²) in [5, 5.41) is 2.52. The number of sulfonamides is 1. The molecule has 0 aliphatic carbocycles. The van der Waals surface area contributed by atoms with Gasteiger partial charge >= 0.3 is 12.1 Å². The number of rotatable bonds is 6. The Kier molecular flexibility index (Phi) is 6.46. The number of aromatic nitrogens is 2. The first-order valence-electron chi connectivity index (χ1n) is 8.06. The van der Waals surface area contributed by atoms with Crippen LogP contribution in [0.15, 0.2) is 18.7 Å². The van der Waals surface area contributed by atoms with Crippen LogP contribution in [-0.2, 0) is 26.2 Å². The van der Waals surface area contributed by atoms with Gasteiger partial charge in [0, 0.05) is 45.1 Å². The van der Waals surface area contributed by atoms with Gasteiger partial charge in [0.25, 0.3) is 0 Å². The number of aryl methyl sites for hydroxylation is 1. The van der Waals surface area contributed by atoms with Crippen molar-refractivity contribution in [3.05, 3.63) is 18.7 Å². The van der Waals surface area contributed by atoms with E-state index in [9.17, 15) is 31.2 Å². The van der Waals surface area contributed by atoms with Crippen LogP contribution >= 0.6 is 0 Å². The molecule has 27 heavy (non-hydrogen) atoms. The van der Waals surface area contributed by atoms with Gasteiger partial charge in [-0.15, -0.1) is 0 Å². The van der Waals surface area contributed by atoms with Gasteiger partial charge in [-0.05, 0) is 6.42 Å². The second-order valence-electron chi connectivity index (χ2n) is 6.08. The van der Waals surface area contributed by atoms with Gasteiger partial charge in [0.15, 0.2) is 0 Å². The summed E-state index contributed by atoms with van der Waals surface area (Å²) in [6.45, 7) is -0.722. The van der Waals surface area contributed by atoms with Crippen LogP contribution in [0.4, 0.5) is 13.2 Å². The summed E-state index contributed by atoms with van der Waals surface area (Å²) in [7, 11) is -3.83. The van der Waals surface area contributed by atoms with Crippen LogP contribution in [0, 0.1) is 0 Å². The van der Waals surface area contributed by atoms with E-state index in [2.05, 4.69) is 10.3 Å². The molecule has 2 heterocycles. The molecule has 0 unspecified atom stereocenters. The van der Waals surface area contributed by atoms with Gasteiger partial charge in [-0.2, -0.15) is 17.5 Å². The van der Waals surface area contributed by atoms with E-state index in [0.29, 0.717) is 17.9 Å². The summed E-state index contributed by atoms with van der Waals surface area (Å²) < 4.78 is 64.3. The van der Waals surface area contributed by atoms with Crippen molar-refractivity contribution in [2.24, 2.45) is 0 Å². The number of hydrogen-bond donors (Lipinski definition) is 1. The Hall–Kier alpha value is -2.15. The fraction of sp³-hybridized carbons (Fsp3) is 0.643. The van der Waals surface area contributed by atoms with Crippen LogP contribution in [-0.4, -0.2) is 83.6 Å². The van der Waals surface area contributed by atoms with Crippen molar-refractivity contribution in [2.45, 2.75) is 25.2 Å². The van der Waals surface area contributed by atoms with Gasteiger partial charge in [0.05, 0.1) is 12.6 Å². The van der Waals surface area contributed by atoms with Gasteiger partial charge in [-0.3, -0.25) is 9.59 Å². The van der Waals surface area contributed by atoms with Crippen molar-refractivity contribution >= 4 is 21.8 Å². The first-order chi connectivity index (χ1) is 12.5. The monoisotopic (exact) mass is 411 g/mol. The van der Waals surface area contributed by atoms with E-state index in [-0.39, 0.29) is 13.1 Å². The van der Waals surface area contributed by atoms with Crippen molar-refractivity contribution in [3.63, 3.8) is 0 Å². The zero-order valence-corrected chi connectivity index (χ0v) is 15.3. The third-order valence-electron chi connectivity index (χ3n) is 4.04. The molecule has 0 radical (unpaired) electrons. The third-order valence-corrected chi connectivity index (χ3v) is 5.33. The molecule has 1 aliphatic heterocycles. The number of carbonyl (C=O) groups excluding carboxylic acids is 2. The van der Waals surface area contributed by atoms with E-state index in [1.165, 1.54) is 0 Å². The molecule has 2 amide bonds. The standard InChI is InChI=1S/C14H20F3N5O4S/c1-27(25,26)22-8-7-21(13(24)14(15,16)17)9-11(22)12(23)19-3-2-5-20-6-4-18-10-20/h4,6,10-11H,2-3,5,7-9H2,1H3,(H,19,23)/t11-/m1/s1. The summed E-state index contributed by atoms with van der Waals surface area (Å²) in [5.74, 6) is -2.83. The molecule has 9 nitrogen and oxygen atoms in total. The SMILES string of the molecule is CS(=O)(=O)N1CCN(C(=O)C(F)(F)F)C[C@@H]1C(=O)NCCCn1ccnc1. The molecule has 13 heteroatoms. The maximum atomic E-state index is 12.6. The van der Waals surface area contributed by atoms with Gasteiger partial charge < -0.3 is 14.8 Å². The van der Waals surface area contributed by atoms with E-state index >= 15 is 0 Å². The fourth-order valence-electron chi connectivity index (χ4n) is 2.75. The number of imidazole rings is 1. The first-order valence-corrected chi connectivity index (χ1v) is 9.91. The number of piperazine rings is 1. The molecule has 1 N–H and O–H groups in total. The number of hydrogen-bond acceptors (Lipinski definition) is 5. The molecule has 1 atom stereocenters. The second kappa shape index (κ2) is 8.25. The lowest BCUT2D eigenvalue weighted by molar-refractivity contribution is -0.187. The molecule has 1 aliphatic rings. The Morgan fingerprint density at radius 1 is 1.30 bits per heavy atom. The lowest BCUT2D eigenvalue weighted by atomic mass is 10.2. The number of nitrogens with one attached hydrogen (secondary N) is 1. The average molecular weight is 411 g/mol. The fourth-order valence-corrected chi connectivity index (χ4v) is 3.79. The first kappa shape index (κ1) is 21.2. The summed E-state index contributed by atoms with van der Waals surface area (Å²) in [6.07, 6.45) is 1.21. The van der Waals surface area contributed by atoms with Crippen molar-refractivity contribution in [3.8, 4) is 0 Å². The highest BCUT2D eigenvalue weighted by Gasteiger charge is 2.47. The summed E-state index contributed by atoms with van der Waals surface area (Å²) >= 11 is 0. The molecule has 0 spiro atoms. The zero-order valence-electron chi connectivity index (χ0n) is 14.5. The average Bonchev–Trinajstić information content (AvgIpc) is 3.09. The molecule has 1 fully saturated rings. The predicted molar refractivity (Wildman–Crippen MR) is 87.8 cm³/mol. The van der Waals surface area contributed by atoms with Gasteiger partial charge in [0.2, 0.25) is 15.9 Å². The highest BCUT2D eigenvalue weighted by molar-refractivity contribution is 7.88. The molecule has 1 aromatic rings. The molecule has 0 bridgehead atoms. The van der Waals surface area contributed by atoms with E-state index in [4.69, 9.17) is 0 Å². The number of nitrogens with zero attached hydrogens (tertiary/aromatic N) is 4. The smallest absolute Gasteiger partial charge is 0.355 e. The van der Waals surface area contributed by atoms with Crippen LogP contribution in [0.1, 0.15) is 6.42 Å². The predicted octanol–water partition coefficient (Wildman–Crippen LogP) is -0.576. The highest BCUT2D eigenvalue weighted by Crippen LogP contribution is 2.22. The van der Waals surface area contributed by atoms with E-state index in [1.54, 1.807) is 23.3 Å². The van der Waals surface area contributed by atoms with E-state index in [1.807, 2.05) is 0 Å². The van der Waals surface area contributed by atoms with Gasteiger partial charge in [0.1, 0.15) is 6.04 Å². The summed E-state index contributed by atoms with van der Waals surface area (Å²) in [4.78, 5) is 28.1. The Labute approximate surface area is 154 Å². The number of amides is 2. The van der Waals surface area contributed by atoms with Crippen LogP contribution in [0.3, 0.4) is 0 Å². The van der Waals surface area contributed by atoms with E-state index in [0.717, 1.165) is 10.6 Å². The molecule has 2 rings (SSSR count). The minimum Gasteiger partial charge on any atom is -0.355 e. The number of halogens is 3. The Bertz CT molecular complexity index is 766. The van der Waals surface area contributed by atoms with Crippen molar-refractivity contribution in [1.29, 1.82) is 0 Å². The van der Waals surface area contributed by atoms with E-state index < -0.39 is 47.1 Å². The normalized spacial score (nSPS) is 19.1. The van der Waals surface area contributed by atoms with Crippen LogP contribution in [0.2, 0.25) is 0 Å². The largest absolute Gasteiger partial charge is 0.471 e. The lowest BCUT2D eigenvalue weighted by Gasteiger charge is -2.39. The van der Waals surface area contributed by atoms with Crippen molar-refractivity contribution in [2.75, 3.05) is 32.4 Å². The van der Waals surface area contributed by atoms with Crippen LogP contribution in [0.5, 0.6) is 0 Å². The maximum absolute atomic E-state index is 12.6. The molecular weight excluding hydrogens is 391 g/mol. The number of alkyl halides is 3. The molecule has 0 aromatic carbocycles. The number of carbonyl (C=O) groups is 2. The molecular formula is C14H20F3N5O4S. The Morgan fingerprint density at radius 3 is 2.56 bits per heavy atom. The Balaban J connectivity index is 2.00. The summed E-state index contributed by atoms with van der Waals surface area (Å²) in [5.41, 5.74) is 0. The minimum atomic E-state index is -5.08. The zero-order chi connectivity index (χ0) is 20.2. The van der Waals surface area contributed by atoms with Gasteiger partial charge in [-0.1, -0.05) is 0 Å². The maximum Gasteiger partial charge on any atom is 0.471 e. The highest BCUT2D eigenvalue weighted by atomic mass is 32.2. The van der Waals surface area contributed by atoms with Crippen LogP contribution < -0.4 is 5.32 Å². The molecule has 0 saturated carbocycles. The quantitative estimate of drug-likeness (QED) is 0.631. The minimum absolute atomic E-state index is 0.193. The summed E-state index contributed by atoms with van der Waals surface area (Å²) in [6, 6.07) is -1.41. The molecule has 1 aromatic heterocycles. The Morgan fingerprint density at radius 2 is 2.00 bits per heavy atom. The molecule has 1 saturated heterocycles. The lowest BCUT2D eigenvalue weighted by Crippen LogP contribution is -2.62. The van der Waals surface area contributed by atoms with Crippen molar-refractivity contribution in [1.82, 2.24) is 24.1 Å². The second-order valence-corrected chi connectivity index (χ2v) is 8.02. The molecule has 152 valence electrons. The van der Waals surface area contributed by atoms with Crippen LogP contribution in [0.25, 0.3) is 0 Å². The van der Waals surface area contributed by atoms with Crippen molar-refractivity contribution < 1.29 is 31.2 Å². The topological polar surface area (TPSA) is 105 Å². The van der Waals surface area contributed by atoms with Gasteiger partial charge in [-0.25, -0.2) is 13.4 Å².